The van der Waals surface area contributed by atoms with Gasteiger partial charge in [-0.05, 0) is 20.3 Å². The van der Waals surface area contributed by atoms with Gasteiger partial charge in [-0.2, -0.15) is 0 Å². The highest BCUT2D eigenvalue weighted by molar-refractivity contribution is 5.79. The first kappa shape index (κ1) is 16.7. The van der Waals surface area contributed by atoms with Crippen molar-refractivity contribution in [2.75, 3.05) is 39.4 Å². The van der Waals surface area contributed by atoms with Crippen LogP contribution in [0.1, 0.15) is 27.2 Å². The number of aliphatic imine (C=N–C) groups is 1. The van der Waals surface area contributed by atoms with Gasteiger partial charge in [-0.1, -0.05) is 0 Å². The molecule has 0 spiro atoms. The summed E-state index contributed by atoms with van der Waals surface area (Å²) in [7, 11) is 0. The van der Waals surface area contributed by atoms with Crippen LogP contribution in [0.25, 0.3) is 0 Å². The van der Waals surface area contributed by atoms with Crippen LogP contribution in [0.3, 0.4) is 0 Å². The van der Waals surface area contributed by atoms with Crippen molar-refractivity contribution in [2.24, 2.45) is 4.99 Å². The Morgan fingerprint density at radius 1 is 1.17 bits per heavy atom. The largest absolute Gasteiger partial charge is 0.382 e. The minimum Gasteiger partial charge on any atom is -0.382 e. The summed E-state index contributed by atoms with van der Waals surface area (Å²) in [6.07, 6.45) is 0.913. The van der Waals surface area contributed by atoms with Crippen molar-refractivity contribution in [2.45, 2.75) is 27.2 Å². The second kappa shape index (κ2) is 12.2. The Kier molecular flexibility index (Phi) is 11.3. The van der Waals surface area contributed by atoms with Crippen molar-refractivity contribution in [3.63, 3.8) is 0 Å². The topological polar surface area (TPSA) is 74.8 Å². The van der Waals surface area contributed by atoms with E-state index in [4.69, 9.17) is 4.74 Å². The molecule has 0 aliphatic rings. The van der Waals surface area contributed by atoms with E-state index in [1.165, 1.54) is 6.92 Å². The number of rotatable bonds is 9. The molecule has 1 amide bonds. The third-order valence-corrected chi connectivity index (χ3v) is 2.06. The monoisotopic (exact) mass is 258 g/mol. The van der Waals surface area contributed by atoms with Gasteiger partial charge < -0.3 is 20.7 Å². The Morgan fingerprint density at radius 2 is 1.89 bits per heavy atom. The zero-order chi connectivity index (χ0) is 13.6. The average Bonchev–Trinajstić information content (AvgIpc) is 2.33. The fourth-order valence-corrected chi connectivity index (χ4v) is 1.26. The van der Waals surface area contributed by atoms with E-state index in [-0.39, 0.29) is 5.91 Å². The molecule has 106 valence electrons. The standard InChI is InChI=1S/C12H26N4O2/c1-4-13-12(15-7-6-10-18-5-2)16-9-8-14-11(3)17/h4-10H2,1-3H3,(H,14,17)(H2,13,15,16). The van der Waals surface area contributed by atoms with Crippen LogP contribution in [0.5, 0.6) is 0 Å². The van der Waals surface area contributed by atoms with Crippen molar-refractivity contribution in [1.29, 1.82) is 0 Å². The number of guanidine groups is 1. The van der Waals surface area contributed by atoms with Gasteiger partial charge in [0.05, 0.1) is 0 Å². The van der Waals surface area contributed by atoms with Crippen molar-refractivity contribution < 1.29 is 9.53 Å². The van der Waals surface area contributed by atoms with Crippen LogP contribution < -0.4 is 16.0 Å². The molecule has 3 N–H and O–H groups in total. The Labute approximate surface area is 110 Å². The molecule has 0 bridgehead atoms. The van der Waals surface area contributed by atoms with Gasteiger partial charge in [0.2, 0.25) is 5.91 Å². The first-order valence-corrected chi connectivity index (χ1v) is 6.55. The smallest absolute Gasteiger partial charge is 0.216 e. The molecular formula is C12H26N4O2. The Bertz CT molecular complexity index is 244. The number of carbonyl (C=O) groups excluding carboxylic acids is 1. The van der Waals surface area contributed by atoms with Crippen LogP contribution >= 0.6 is 0 Å². The Balaban J connectivity index is 3.75. The summed E-state index contributed by atoms with van der Waals surface area (Å²) in [5.74, 6) is 0.759. The van der Waals surface area contributed by atoms with Crippen LogP contribution in [0.2, 0.25) is 0 Å². The van der Waals surface area contributed by atoms with Gasteiger partial charge in [-0.3, -0.25) is 9.79 Å². The molecular weight excluding hydrogens is 232 g/mol. The molecule has 0 aliphatic heterocycles. The minimum atomic E-state index is -0.0181. The molecule has 6 heteroatoms. The second-order valence-electron chi connectivity index (χ2n) is 3.72. The van der Waals surface area contributed by atoms with Crippen LogP contribution in [0.15, 0.2) is 4.99 Å². The van der Waals surface area contributed by atoms with E-state index in [1.807, 2.05) is 13.8 Å². The lowest BCUT2D eigenvalue weighted by molar-refractivity contribution is -0.118. The van der Waals surface area contributed by atoms with Gasteiger partial charge >= 0.3 is 0 Å². The molecule has 0 saturated carbocycles. The van der Waals surface area contributed by atoms with Crippen LogP contribution in [-0.4, -0.2) is 51.3 Å². The zero-order valence-electron chi connectivity index (χ0n) is 11.7. The average molecular weight is 258 g/mol. The van der Waals surface area contributed by atoms with E-state index >= 15 is 0 Å². The molecule has 0 aromatic rings. The van der Waals surface area contributed by atoms with E-state index in [0.717, 1.165) is 38.7 Å². The number of amides is 1. The molecule has 0 aromatic carbocycles. The quantitative estimate of drug-likeness (QED) is 0.312. The zero-order valence-corrected chi connectivity index (χ0v) is 11.7. The van der Waals surface area contributed by atoms with E-state index in [0.29, 0.717) is 13.1 Å². The summed E-state index contributed by atoms with van der Waals surface area (Å²) in [5, 5.41) is 9.02. The number of hydrogen-bond acceptors (Lipinski definition) is 3. The highest BCUT2D eigenvalue weighted by atomic mass is 16.5. The van der Waals surface area contributed by atoms with Crippen LogP contribution in [0.4, 0.5) is 0 Å². The molecule has 0 radical (unpaired) electrons. The molecule has 0 fully saturated rings. The lowest BCUT2D eigenvalue weighted by atomic mass is 10.4. The van der Waals surface area contributed by atoms with E-state index in [1.54, 1.807) is 0 Å². The van der Waals surface area contributed by atoms with Crippen molar-refractivity contribution >= 4 is 11.9 Å². The molecule has 0 aromatic heterocycles. The second-order valence-corrected chi connectivity index (χ2v) is 3.72. The summed E-state index contributed by atoms with van der Waals surface area (Å²) in [6.45, 7) is 9.81. The summed E-state index contributed by atoms with van der Waals surface area (Å²) < 4.78 is 5.24. The van der Waals surface area contributed by atoms with E-state index in [9.17, 15) is 4.79 Å². The van der Waals surface area contributed by atoms with Gasteiger partial charge in [0.15, 0.2) is 5.96 Å². The first-order chi connectivity index (χ1) is 8.70. The number of nitrogens with one attached hydrogen (secondary N) is 3. The molecule has 0 aliphatic carbocycles. The molecule has 0 unspecified atom stereocenters. The molecule has 0 atom stereocenters. The van der Waals surface area contributed by atoms with Crippen molar-refractivity contribution in [3.05, 3.63) is 0 Å². The third-order valence-electron chi connectivity index (χ3n) is 2.06. The number of nitrogens with zero attached hydrogens (tertiary/aromatic N) is 1. The van der Waals surface area contributed by atoms with Crippen LogP contribution in [0, 0.1) is 0 Å². The fraction of sp³-hybridized carbons (Fsp3) is 0.833. The van der Waals surface area contributed by atoms with E-state index < -0.39 is 0 Å². The predicted molar refractivity (Wildman–Crippen MR) is 73.8 cm³/mol. The van der Waals surface area contributed by atoms with Gasteiger partial charge in [0.25, 0.3) is 0 Å². The number of hydrogen-bond donors (Lipinski definition) is 3. The number of ether oxygens (including phenoxy) is 1. The maximum atomic E-state index is 10.7. The lowest BCUT2D eigenvalue weighted by Crippen LogP contribution is -2.41. The Morgan fingerprint density at radius 3 is 2.50 bits per heavy atom. The molecule has 0 saturated heterocycles. The molecule has 6 nitrogen and oxygen atoms in total. The van der Waals surface area contributed by atoms with Gasteiger partial charge in [0, 0.05) is 46.3 Å². The van der Waals surface area contributed by atoms with Gasteiger partial charge in [0.1, 0.15) is 0 Å². The van der Waals surface area contributed by atoms with Crippen molar-refractivity contribution in [1.82, 2.24) is 16.0 Å². The maximum absolute atomic E-state index is 10.7. The normalized spacial score (nSPS) is 11.2. The molecule has 0 heterocycles. The summed E-state index contributed by atoms with van der Waals surface area (Å²) in [4.78, 5) is 15.1. The SMILES string of the molecule is CCNC(=NCCCOCC)NCCNC(C)=O. The highest BCUT2D eigenvalue weighted by Crippen LogP contribution is 1.84. The van der Waals surface area contributed by atoms with Crippen molar-refractivity contribution in [3.8, 4) is 0 Å². The summed E-state index contributed by atoms with van der Waals surface area (Å²) >= 11 is 0. The van der Waals surface area contributed by atoms with Gasteiger partial charge in [-0.25, -0.2) is 0 Å². The van der Waals surface area contributed by atoms with E-state index in [2.05, 4.69) is 20.9 Å². The summed E-state index contributed by atoms with van der Waals surface area (Å²) in [5.41, 5.74) is 0. The predicted octanol–water partition coefficient (Wildman–Crippen LogP) is 0.104. The molecule has 18 heavy (non-hydrogen) atoms. The Hall–Kier alpha value is -1.30. The lowest BCUT2D eigenvalue weighted by Gasteiger charge is -2.11. The molecule has 0 rings (SSSR count). The van der Waals surface area contributed by atoms with Gasteiger partial charge in [-0.15, -0.1) is 0 Å². The maximum Gasteiger partial charge on any atom is 0.216 e. The highest BCUT2D eigenvalue weighted by Gasteiger charge is 1.96. The van der Waals surface area contributed by atoms with Crippen LogP contribution in [-0.2, 0) is 9.53 Å². The minimum absolute atomic E-state index is 0.0181. The number of carbonyl (C=O) groups is 1. The fourth-order valence-electron chi connectivity index (χ4n) is 1.26. The summed E-state index contributed by atoms with van der Waals surface area (Å²) in [6, 6.07) is 0. The third kappa shape index (κ3) is 11.2. The first-order valence-electron chi connectivity index (χ1n) is 6.55.